The van der Waals surface area contributed by atoms with Crippen LogP contribution in [0.2, 0.25) is 0 Å². The van der Waals surface area contributed by atoms with Gasteiger partial charge in [-0.3, -0.25) is 8.63 Å². The van der Waals surface area contributed by atoms with Gasteiger partial charge >= 0.3 is 7.40 Å². The van der Waals surface area contributed by atoms with Crippen LogP contribution in [-0.2, 0) is 9.05 Å². The van der Waals surface area contributed by atoms with Crippen molar-refractivity contribution in [1.82, 2.24) is 9.15 Å². The van der Waals surface area contributed by atoms with Gasteiger partial charge in [0.2, 0.25) is 0 Å². The van der Waals surface area contributed by atoms with E-state index in [4.69, 9.17) is 19.3 Å². The third-order valence-corrected chi connectivity index (χ3v) is 11.5. The Morgan fingerprint density at radius 3 is 1.98 bits per heavy atom. The van der Waals surface area contributed by atoms with Gasteiger partial charge in [0.15, 0.2) is 0 Å². The smallest absolute Gasteiger partial charge is 0.324 e. The number of rotatable bonds is 17. The van der Waals surface area contributed by atoms with Gasteiger partial charge in [0.1, 0.15) is 0 Å². The zero-order chi connectivity index (χ0) is 37.3. The topological polar surface area (TPSA) is 62.8 Å². The number of nitrogens with zero attached hydrogens (tertiary/aromatic N) is 4. The van der Waals surface area contributed by atoms with Crippen molar-refractivity contribution in [3.8, 4) is 17.3 Å². The molecule has 4 aromatic carbocycles. The van der Waals surface area contributed by atoms with Crippen molar-refractivity contribution in [2.75, 3.05) is 13.2 Å². The molecule has 6 rings (SSSR count). The van der Waals surface area contributed by atoms with E-state index in [1.165, 1.54) is 4.48 Å². The first-order valence-corrected chi connectivity index (χ1v) is 19.6. The van der Waals surface area contributed by atoms with Gasteiger partial charge in [0.25, 0.3) is 8.53 Å². The molecule has 1 unspecified atom stereocenters. The summed E-state index contributed by atoms with van der Waals surface area (Å²) in [7, 11) is -4.11. The van der Waals surface area contributed by atoms with E-state index < -0.39 is 15.9 Å². The van der Waals surface area contributed by atoms with Crippen molar-refractivity contribution in [3.05, 3.63) is 132 Å². The number of halogens is 2. The van der Waals surface area contributed by atoms with Gasteiger partial charge in [-0.05, 0) is 52.5 Å². The largest absolute Gasteiger partial charge is 0.678 e. The van der Waals surface area contributed by atoms with Gasteiger partial charge in [-0.15, -0.1) is 0 Å². The summed E-state index contributed by atoms with van der Waals surface area (Å²) in [6.07, 6.45) is 3.19. The minimum atomic E-state index is -2.78. The quantitative estimate of drug-likeness (QED) is 0.0543. The minimum Gasteiger partial charge on any atom is -0.324 e. The van der Waals surface area contributed by atoms with Crippen LogP contribution in [0.1, 0.15) is 82.2 Å². The summed E-state index contributed by atoms with van der Waals surface area (Å²) in [5.41, 5.74) is 7.04. The zero-order valence-electron chi connectivity index (χ0n) is 30.9. The number of benzene rings is 4. The van der Waals surface area contributed by atoms with Crippen molar-refractivity contribution >= 4 is 43.7 Å². The Balaban J connectivity index is 1.39. The molecule has 0 saturated heterocycles. The molecule has 1 aromatic heterocycles. The number of nitriles is 1. The Labute approximate surface area is 313 Å². The first-order valence-electron chi connectivity index (χ1n) is 18.5. The van der Waals surface area contributed by atoms with Gasteiger partial charge in [0, 0.05) is 56.5 Å². The van der Waals surface area contributed by atoms with Crippen LogP contribution in [0.3, 0.4) is 0 Å². The average molecular weight is 731 g/mol. The minimum absolute atomic E-state index is 0.217. The van der Waals surface area contributed by atoms with Crippen molar-refractivity contribution in [2.24, 2.45) is 4.99 Å². The molecule has 5 aromatic rings. The number of hydrogen-bond donors (Lipinski definition) is 0. The highest BCUT2D eigenvalue weighted by Crippen LogP contribution is 2.47. The third-order valence-electron chi connectivity index (χ3n) is 9.38. The van der Waals surface area contributed by atoms with Gasteiger partial charge in [-0.25, -0.2) is 9.66 Å². The van der Waals surface area contributed by atoms with Gasteiger partial charge < -0.3 is 13.5 Å². The summed E-state index contributed by atoms with van der Waals surface area (Å²) in [6, 6.07) is 38.0. The summed E-state index contributed by atoms with van der Waals surface area (Å²) >= 11 is 0. The van der Waals surface area contributed by atoms with Crippen LogP contribution in [0.4, 0.5) is 8.63 Å². The normalized spacial score (nSPS) is 14.2. The summed E-state index contributed by atoms with van der Waals surface area (Å²) in [5.74, 6) is 0. The van der Waals surface area contributed by atoms with E-state index in [1.54, 1.807) is 0 Å². The highest BCUT2D eigenvalue weighted by molar-refractivity contribution is 7.44. The van der Waals surface area contributed by atoms with E-state index in [0.29, 0.717) is 37.4 Å². The lowest BCUT2D eigenvalue weighted by atomic mass is 9.93. The molecule has 0 fully saturated rings. The van der Waals surface area contributed by atoms with Crippen LogP contribution in [0.15, 0.2) is 114 Å². The predicted molar refractivity (Wildman–Crippen MR) is 216 cm³/mol. The van der Waals surface area contributed by atoms with E-state index in [0.717, 1.165) is 69.3 Å². The van der Waals surface area contributed by atoms with Crippen molar-refractivity contribution in [2.45, 2.75) is 71.9 Å². The van der Waals surface area contributed by atoms with E-state index in [1.807, 2.05) is 97.1 Å². The first kappa shape index (κ1) is 38.3. The molecule has 0 aliphatic carbocycles. The third kappa shape index (κ3) is 8.53. The predicted octanol–water partition coefficient (Wildman–Crippen LogP) is 11.7. The highest BCUT2D eigenvalue weighted by atomic mass is 31.2. The Kier molecular flexibility index (Phi) is 13.0. The number of allylic oxidation sites excluding steroid dienone is 1. The fourth-order valence-corrected chi connectivity index (χ4v) is 8.85. The Hall–Kier alpha value is -4.45. The Morgan fingerprint density at radius 1 is 0.755 bits per heavy atom. The lowest BCUT2D eigenvalue weighted by Gasteiger charge is -2.35. The molecule has 1 aliphatic rings. The van der Waals surface area contributed by atoms with Crippen LogP contribution >= 0.6 is 8.53 Å². The Morgan fingerprint density at radius 2 is 1.34 bits per heavy atom. The maximum atomic E-state index is 15.6. The zero-order valence-corrected chi connectivity index (χ0v) is 31.8. The first-order chi connectivity index (χ1) is 25.8. The lowest BCUT2D eigenvalue weighted by Crippen LogP contribution is -2.33. The maximum Gasteiger partial charge on any atom is 0.678 e. The molecule has 272 valence electrons. The SMILES string of the molecule is CC(C)N(C(C)C)P(OCCC#N)OCCCCC/C(=C1/N=C(c2ccccc2)c2ccccc21)c1c2ccccc2c(-c2ccccc2)n1B(F)F. The second-order valence-electron chi connectivity index (χ2n) is 13.6. The van der Waals surface area contributed by atoms with Crippen molar-refractivity contribution in [3.63, 3.8) is 0 Å². The van der Waals surface area contributed by atoms with E-state index >= 15 is 8.63 Å². The number of aromatic nitrogens is 1. The van der Waals surface area contributed by atoms with Gasteiger partial charge in [-0.1, -0.05) is 116 Å². The highest BCUT2D eigenvalue weighted by Gasteiger charge is 2.33. The molecule has 0 bridgehead atoms. The molecule has 6 nitrogen and oxygen atoms in total. The second-order valence-corrected chi connectivity index (χ2v) is 15.1. The molecule has 0 N–H and O–H groups in total. The molecule has 0 saturated carbocycles. The van der Waals surface area contributed by atoms with Crippen molar-refractivity contribution in [1.29, 1.82) is 5.26 Å². The summed E-state index contributed by atoms with van der Waals surface area (Å²) in [5, 5.41) is 10.6. The van der Waals surface area contributed by atoms with Crippen molar-refractivity contribution < 1.29 is 17.7 Å². The molecule has 53 heavy (non-hydrogen) atoms. The molecule has 10 heteroatoms. The maximum absolute atomic E-state index is 15.6. The molecule has 0 spiro atoms. The van der Waals surface area contributed by atoms with Crippen LogP contribution in [-0.4, -0.2) is 47.6 Å². The summed E-state index contributed by atoms with van der Waals surface area (Å²) in [6.45, 7) is 9.30. The fourth-order valence-electron chi connectivity index (χ4n) is 7.22. The molecule has 0 radical (unpaired) electrons. The fraction of sp³-hybridized carbons (Fsp3) is 0.302. The Bertz CT molecular complexity index is 2090. The van der Waals surface area contributed by atoms with Crippen LogP contribution < -0.4 is 0 Å². The van der Waals surface area contributed by atoms with Gasteiger partial charge in [0.05, 0.1) is 37.1 Å². The van der Waals surface area contributed by atoms with E-state index in [9.17, 15) is 0 Å². The molecule has 2 heterocycles. The second kappa shape index (κ2) is 18.1. The van der Waals surface area contributed by atoms with E-state index in [-0.39, 0.29) is 12.1 Å². The molecule has 1 atom stereocenters. The molecular formula is C43H46BF2N4O2P. The van der Waals surface area contributed by atoms with E-state index in [2.05, 4.69) is 50.6 Å². The summed E-state index contributed by atoms with van der Waals surface area (Å²) < 4.78 is 47.1. The molecular weight excluding hydrogens is 684 g/mol. The average Bonchev–Trinajstić information content (AvgIpc) is 3.72. The monoisotopic (exact) mass is 730 g/mol. The standard InChI is InChI=1S/C43H46BF2N4O2P/c1-31(2)50(32(3)4)53(52-30-18-28-47)51-29-17-7-12-27-39(41-36-24-14-13-23-35(36)40(48-41)33-19-8-5-9-20-33)43-38-26-16-15-25-37(38)42(49(43)44(45)46)34-21-10-6-11-22-34/h5-6,8-11,13-16,19-26,31-32H,7,12,17-18,27,29-30H2,1-4H3/b41-39-. The van der Waals surface area contributed by atoms with Crippen LogP contribution in [0, 0.1) is 11.3 Å². The molecule has 1 aliphatic heterocycles. The lowest BCUT2D eigenvalue weighted by molar-refractivity contribution is 0.174. The summed E-state index contributed by atoms with van der Waals surface area (Å²) in [4.78, 5) is 5.29. The number of aliphatic imine (C=N–C) groups is 1. The van der Waals surface area contributed by atoms with Gasteiger partial charge in [-0.2, -0.15) is 5.26 Å². The number of unbranched alkanes of at least 4 members (excludes halogenated alkanes) is 2. The molecule has 0 amide bonds. The number of hydrogen-bond acceptors (Lipinski definition) is 5. The van der Waals surface area contributed by atoms with Crippen LogP contribution in [0.5, 0.6) is 0 Å². The van der Waals surface area contributed by atoms with Crippen LogP contribution in [0.25, 0.3) is 33.3 Å². The number of fused-ring (bicyclic) bond motifs is 2.